The van der Waals surface area contributed by atoms with E-state index in [-0.39, 0.29) is 11.6 Å². The lowest BCUT2D eigenvalue weighted by atomic mass is 9.93. The van der Waals surface area contributed by atoms with Crippen LogP contribution in [0.1, 0.15) is 38.2 Å². The summed E-state index contributed by atoms with van der Waals surface area (Å²) in [6.07, 6.45) is 4.15. The van der Waals surface area contributed by atoms with Gasteiger partial charge in [-0.25, -0.2) is 0 Å². The maximum Gasteiger partial charge on any atom is 0.306 e. The molecule has 0 saturated carbocycles. The van der Waals surface area contributed by atoms with E-state index in [2.05, 4.69) is 12.1 Å². The average molecular weight is 262 g/mol. The molecule has 0 radical (unpaired) electrons. The zero-order valence-corrected chi connectivity index (χ0v) is 11.6. The standard InChI is InChI=1S/C16H22O3/c1-16(10-5-8-15(17)19-16)11-13-18-12-9-14-6-3-2-4-7-14/h2-4,6-7H,5,8-13H2,1H3/t16-/m1/s1. The fourth-order valence-corrected chi connectivity index (χ4v) is 2.38. The number of hydrogen-bond donors (Lipinski definition) is 0. The highest BCUT2D eigenvalue weighted by atomic mass is 16.6. The Morgan fingerprint density at radius 2 is 2.05 bits per heavy atom. The zero-order chi connectivity index (χ0) is 13.6. The van der Waals surface area contributed by atoms with Crippen molar-refractivity contribution in [3.05, 3.63) is 35.9 Å². The molecule has 1 aromatic carbocycles. The minimum absolute atomic E-state index is 0.0713. The Balaban J connectivity index is 1.62. The zero-order valence-electron chi connectivity index (χ0n) is 11.6. The van der Waals surface area contributed by atoms with Gasteiger partial charge in [0.15, 0.2) is 0 Å². The van der Waals surface area contributed by atoms with Gasteiger partial charge >= 0.3 is 5.97 Å². The second kappa shape index (κ2) is 6.71. The third kappa shape index (κ3) is 4.67. The van der Waals surface area contributed by atoms with Gasteiger partial charge in [-0.15, -0.1) is 0 Å². The van der Waals surface area contributed by atoms with Crippen LogP contribution in [0.5, 0.6) is 0 Å². The smallest absolute Gasteiger partial charge is 0.306 e. The normalized spacial score (nSPS) is 23.1. The quantitative estimate of drug-likeness (QED) is 0.583. The molecule has 0 unspecified atom stereocenters. The second-order valence-electron chi connectivity index (χ2n) is 5.38. The van der Waals surface area contributed by atoms with Crippen LogP contribution in [0.2, 0.25) is 0 Å². The SMILES string of the molecule is C[C@]1(CCOCCc2ccccc2)CCCC(=O)O1. The molecule has 3 heteroatoms. The van der Waals surface area contributed by atoms with Gasteiger partial charge in [-0.2, -0.15) is 0 Å². The topological polar surface area (TPSA) is 35.5 Å². The van der Waals surface area contributed by atoms with Crippen molar-refractivity contribution in [2.75, 3.05) is 13.2 Å². The van der Waals surface area contributed by atoms with E-state index in [4.69, 9.17) is 9.47 Å². The number of esters is 1. The fraction of sp³-hybridized carbons (Fsp3) is 0.562. The molecule has 3 nitrogen and oxygen atoms in total. The molecule has 1 aliphatic heterocycles. The highest BCUT2D eigenvalue weighted by Gasteiger charge is 2.32. The van der Waals surface area contributed by atoms with E-state index in [1.807, 2.05) is 25.1 Å². The highest BCUT2D eigenvalue weighted by molar-refractivity contribution is 5.70. The van der Waals surface area contributed by atoms with E-state index in [0.717, 1.165) is 25.7 Å². The summed E-state index contributed by atoms with van der Waals surface area (Å²) in [5.41, 5.74) is 0.972. The van der Waals surface area contributed by atoms with E-state index < -0.39 is 0 Å². The van der Waals surface area contributed by atoms with Crippen LogP contribution in [-0.2, 0) is 20.7 Å². The summed E-state index contributed by atoms with van der Waals surface area (Å²) in [6.45, 7) is 3.37. The maximum absolute atomic E-state index is 11.3. The van der Waals surface area contributed by atoms with Gasteiger partial charge in [0, 0.05) is 12.8 Å². The largest absolute Gasteiger partial charge is 0.459 e. The molecule has 2 rings (SSSR count). The Morgan fingerprint density at radius 1 is 1.26 bits per heavy atom. The van der Waals surface area contributed by atoms with E-state index in [0.29, 0.717) is 19.6 Å². The predicted molar refractivity (Wildman–Crippen MR) is 73.9 cm³/mol. The summed E-state index contributed by atoms with van der Waals surface area (Å²) >= 11 is 0. The number of cyclic esters (lactones) is 1. The van der Waals surface area contributed by atoms with Crippen molar-refractivity contribution in [2.45, 2.75) is 44.6 Å². The van der Waals surface area contributed by atoms with Crippen molar-refractivity contribution in [3.63, 3.8) is 0 Å². The van der Waals surface area contributed by atoms with Gasteiger partial charge in [-0.3, -0.25) is 4.79 Å². The van der Waals surface area contributed by atoms with Gasteiger partial charge in [0.25, 0.3) is 0 Å². The second-order valence-corrected chi connectivity index (χ2v) is 5.38. The van der Waals surface area contributed by atoms with E-state index >= 15 is 0 Å². The number of carbonyl (C=O) groups excluding carboxylic acids is 1. The summed E-state index contributed by atoms with van der Waals surface area (Å²) in [5, 5.41) is 0. The number of hydrogen-bond acceptors (Lipinski definition) is 3. The fourth-order valence-electron chi connectivity index (χ4n) is 2.38. The van der Waals surface area contributed by atoms with Gasteiger partial charge < -0.3 is 9.47 Å². The summed E-state index contributed by atoms with van der Waals surface area (Å²) in [7, 11) is 0. The van der Waals surface area contributed by atoms with Crippen molar-refractivity contribution in [3.8, 4) is 0 Å². The molecule has 0 amide bonds. The third-order valence-electron chi connectivity index (χ3n) is 3.60. The van der Waals surface area contributed by atoms with Gasteiger partial charge in [0.2, 0.25) is 0 Å². The summed E-state index contributed by atoms with van der Waals surface area (Å²) in [4.78, 5) is 11.3. The molecule has 0 spiro atoms. The van der Waals surface area contributed by atoms with Crippen molar-refractivity contribution >= 4 is 5.97 Å². The number of rotatable bonds is 6. The van der Waals surface area contributed by atoms with Crippen LogP contribution in [0.15, 0.2) is 30.3 Å². The van der Waals surface area contributed by atoms with Gasteiger partial charge in [-0.05, 0) is 31.7 Å². The molecule has 1 saturated heterocycles. The molecule has 1 heterocycles. The van der Waals surface area contributed by atoms with E-state index in [1.54, 1.807) is 0 Å². The Morgan fingerprint density at radius 3 is 2.79 bits per heavy atom. The minimum Gasteiger partial charge on any atom is -0.459 e. The number of ether oxygens (including phenoxy) is 2. The van der Waals surface area contributed by atoms with Gasteiger partial charge in [0.05, 0.1) is 13.2 Å². The highest BCUT2D eigenvalue weighted by Crippen LogP contribution is 2.28. The van der Waals surface area contributed by atoms with Crippen molar-refractivity contribution < 1.29 is 14.3 Å². The molecule has 104 valence electrons. The molecule has 1 aliphatic rings. The average Bonchev–Trinajstić information content (AvgIpc) is 2.39. The monoisotopic (exact) mass is 262 g/mol. The van der Waals surface area contributed by atoms with Crippen LogP contribution < -0.4 is 0 Å². The van der Waals surface area contributed by atoms with Crippen LogP contribution in [0.4, 0.5) is 0 Å². The lowest BCUT2D eigenvalue weighted by Gasteiger charge is -2.33. The molecule has 1 atom stereocenters. The Bertz CT molecular complexity index is 402. The van der Waals surface area contributed by atoms with E-state index in [9.17, 15) is 4.79 Å². The molecule has 1 aromatic rings. The summed E-state index contributed by atoms with van der Waals surface area (Å²) in [5.74, 6) is -0.0713. The van der Waals surface area contributed by atoms with Crippen molar-refractivity contribution in [1.82, 2.24) is 0 Å². The van der Waals surface area contributed by atoms with Gasteiger partial charge in [-0.1, -0.05) is 30.3 Å². The first-order valence-corrected chi connectivity index (χ1v) is 7.01. The van der Waals surface area contributed by atoms with Crippen LogP contribution in [-0.4, -0.2) is 24.8 Å². The lowest BCUT2D eigenvalue weighted by Crippen LogP contribution is -2.36. The Kier molecular flexibility index (Phi) is 4.97. The maximum atomic E-state index is 11.3. The predicted octanol–water partition coefficient (Wildman–Crippen LogP) is 3.12. The molecule has 0 bridgehead atoms. The lowest BCUT2D eigenvalue weighted by molar-refractivity contribution is -0.167. The third-order valence-corrected chi connectivity index (χ3v) is 3.60. The molecule has 0 aliphatic carbocycles. The van der Waals surface area contributed by atoms with Crippen LogP contribution in [0.25, 0.3) is 0 Å². The van der Waals surface area contributed by atoms with Crippen LogP contribution in [0, 0.1) is 0 Å². The molecule has 1 fully saturated rings. The first kappa shape index (κ1) is 14.1. The van der Waals surface area contributed by atoms with Crippen LogP contribution >= 0.6 is 0 Å². The summed E-state index contributed by atoms with van der Waals surface area (Å²) in [6, 6.07) is 10.3. The van der Waals surface area contributed by atoms with Crippen molar-refractivity contribution in [1.29, 1.82) is 0 Å². The van der Waals surface area contributed by atoms with Crippen LogP contribution in [0.3, 0.4) is 0 Å². The number of carbonyl (C=O) groups is 1. The Hall–Kier alpha value is -1.35. The van der Waals surface area contributed by atoms with Gasteiger partial charge in [0.1, 0.15) is 5.60 Å². The molecule has 19 heavy (non-hydrogen) atoms. The van der Waals surface area contributed by atoms with Crippen molar-refractivity contribution in [2.24, 2.45) is 0 Å². The molecular formula is C16H22O3. The summed E-state index contributed by atoms with van der Waals surface area (Å²) < 4.78 is 11.1. The molecule has 0 aromatic heterocycles. The first-order chi connectivity index (χ1) is 9.18. The van der Waals surface area contributed by atoms with E-state index in [1.165, 1.54) is 5.56 Å². The molecular weight excluding hydrogens is 240 g/mol. The molecule has 0 N–H and O–H groups in total. The number of benzene rings is 1. The minimum atomic E-state index is -0.317. The Labute approximate surface area is 114 Å². The first-order valence-electron chi connectivity index (χ1n) is 7.01.